The van der Waals surface area contributed by atoms with Gasteiger partial charge in [0.15, 0.2) is 0 Å². The zero-order valence-electron chi connectivity index (χ0n) is 13.3. The van der Waals surface area contributed by atoms with E-state index in [2.05, 4.69) is 47.8 Å². The zero-order chi connectivity index (χ0) is 19.6. The van der Waals surface area contributed by atoms with E-state index in [1.807, 2.05) is 6.07 Å². The second kappa shape index (κ2) is 15.8. The van der Waals surface area contributed by atoms with Crippen LogP contribution < -0.4 is 51.4 Å². The van der Waals surface area contributed by atoms with Gasteiger partial charge in [-0.3, -0.25) is 0 Å². The molecule has 10 heteroatoms. The van der Waals surface area contributed by atoms with Gasteiger partial charge in [-0.05, 0) is 56.1 Å². The topological polar surface area (TPSA) is 47.6 Å². The van der Waals surface area contributed by atoms with Crippen LogP contribution in [0.2, 0.25) is 10.0 Å². The van der Waals surface area contributed by atoms with Gasteiger partial charge in [-0.15, -0.1) is 0 Å². The van der Waals surface area contributed by atoms with Gasteiger partial charge in [0.25, 0.3) is 0 Å². The molecule has 2 rings (SSSR count). The molecule has 0 amide bonds. The third-order valence-corrected chi connectivity index (χ3v) is 5.87. The van der Waals surface area contributed by atoms with Crippen molar-refractivity contribution in [2.45, 2.75) is 11.8 Å². The second-order valence-corrected chi connectivity index (χ2v) is 7.14. The quantitative estimate of drug-likeness (QED) is 0.216. The molecule has 0 aliphatic carbocycles. The van der Waals surface area contributed by atoms with Gasteiger partial charge in [-0.25, -0.2) is 8.78 Å². The fraction of sp³-hybridized carbons (Fsp3) is 0.125. The largest absolute Gasteiger partial charge is 1.00 e. The van der Waals surface area contributed by atoms with Gasteiger partial charge in [0.1, 0.15) is 11.6 Å². The average molecular weight is 616 g/mol. The molecule has 0 unspecified atom stereocenters. The van der Waals surface area contributed by atoms with E-state index >= 15 is 0 Å². The summed E-state index contributed by atoms with van der Waals surface area (Å²) in [6.45, 7) is 4.75. The number of alkyl halides is 1. The summed E-state index contributed by atoms with van der Waals surface area (Å²) in [4.78, 5) is 0. The molecule has 2 aromatic carbocycles. The third-order valence-electron chi connectivity index (χ3n) is 2.67. The molecular formula is C16H8Br3Cl2F2KN2. The Morgan fingerprint density at radius 3 is 1.65 bits per heavy atom. The van der Waals surface area contributed by atoms with Crippen molar-refractivity contribution in [3.8, 4) is 6.07 Å². The number of hydrogen-bond acceptors (Lipinski definition) is 2. The summed E-state index contributed by atoms with van der Waals surface area (Å²) in [6, 6.07) is 7.61. The standard InChI is InChI=1S/C8H4BrClFN.C7H4Br2ClF.CN.K/c9-6-1-2-7(11)5(3-4-12)8(6)10;8-3-4-6(11)2-1-5(9)7(4)10;1-2;/h1-2H,3H2;1-2H,3H2;;/q;;-1;+1. The number of benzene rings is 2. The molecule has 0 N–H and O–H groups in total. The Morgan fingerprint density at radius 2 is 1.31 bits per heavy atom. The van der Waals surface area contributed by atoms with Gasteiger partial charge in [0, 0.05) is 25.4 Å². The van der Waals surface area contributed by atoms with Crippen LogP contribution in [0.15, 0.2) is 33.2 Å². The Kier molecular flexibility index (Phi) is 17.7. The van der Waals surface area contributed by atoms with E-state index in [0.717, 1.165) is 4.47 Å². The predicted molar refractivity (Wildman–Crippen MR) is 105 cm³/mol. The molecule has 0 aliphatic heterocycles. The average Bonchev–Trinajstić information content (AvgIpc) is 2.61. The molecule has 0 saturated carbocycles. The minimum atomic E-state index is -0.440. The SMILES string of the molecule is Fc1ccc(Br)c(Cl)c1CBr.N#CCc1c(F)ccc(Br)c1Cl.[C-]#N.[K+]. The Morgan fingerprint density at radius 1 is 0.923 bits per heavy atom. The van der Waals surface area contributed by atoms with Crippen LogP contribution in [0.3, 0.4) is 0 Å². The van der Waals surface area contributed by atoms with E-state index in [1.165, 1.54) is 18.2 Å². The van der Waals surface area contributed by atoms with Gasteiger partial charge >= 0.3 is 51.4 Å². The molecular weight excluding hydrogens is 608 g/mol. The van der Waals surface area contributed by atoms with Crippen LogP contribution in [-0.2, 0) is 11.8 Å². The van der Waals surface area contributed by atoms with Gasteiger partial charge in [0.2, 0.25) is 0 Å². The molecule has 0 bridgehead atoms. The maximum atomic E-state index is 13.0. The van der Waals surface area contributed by atoms with E-state index in [4.69, 9.17) is 40.3 Å². The van der Waals surface area contributed by atoms with Gasteiger partial charge < -0.3 is 11.8 Å². The number of nitriles is 1. The first-order valence-corrected chi connectivity index (χ1v) is 9.69. The van der Waals surface area contributed by atoms with Crippen molar-refractivity contribution < 1.29 is 60.2 Å². The van der Waals surface area contributed by atoms with Crippen molar-refractivity contribution >= 4 is 71.0 Å². The number of halogens is 7. The summed E-state index contributed by atoms with van der Waals surface area (Å²) in [5.74, 6) is -0.722. The first kappa shape index (κ1) is 29.1. The molecule has 0 heterocycles. The normalized spacial score (nSPS) is 8.77. The first-order chi connectivity index (χ1) is 11.8. The fourth-order valence-electron chi connectivity index (χ4n) is 1.50. The number of nitrogens with zero attached hydrogens (tertiary/aromatic N) is 2. The molecule has 0 aliphatic rings. The molecule has 0 fully saturated rings. The summed E-state index contributed by atoms with van der Waals surface area (Å²) in [5, 5.41) is 15.8. The van der Waals surface area contributed by atoms with Gasteiger partial charge in [-0.2, -0.15) is 5.26 Å². The maximum Gasteiger partial charge on any atom is 1.00 e. The van der Waals surface area contributed by atoms with Crippen molar-refractivity contribution in [3.05, 3.63) is 72.6 Å². The van der Waals surface area contributed by atoms with Crippen LogP contribution in [0.5, 0.6) is 0 Å². The molecule has 2 aromatic rings. The Hall–Kier alpha value is 0.936. The summed E-state index contributed by atoms with van der Waals surface area (Å²) >= 11 is 21.0. The van der Waals surface area contributed by atoms with E-state index in [1.54, 1.807) is 6.07 Å². The summed E-state index contributed by atoms with van der Waals surface area (Å²) in [5.41, 5.74) is 0.731. The minimum Gasteiger partial charge on any atom is -0.512 e. The summed E-state index contributed by atoms with van der Waals surface area (Å²) < 4.78 is 27.2. The fourth-order valence-corrected chi connectivity index (χ4v) is 3.39. The van der Waals surface area contributed by atoms with Crippen LogP contribution >= 0.6 is 71.0 Å². The molecule has 0 spiro atoms. The zero-order valence-corrected chi connectivity index (χ0v) is 22.7. The van der Waals surface area contributed by atoms with Gasteiger partial charge in [-0.1, -0.05) is 39.1 Å². The van der Waals surface area contributed by atoms with Crippen LogP contribution in [-0.4, -0.2) is 0 Å². The molecule has 0 radical (unpaired) electrons. The molecule has 0 atom stereocenters. The summed E-state index contributed by atoms with van der Waals surface area (Å²) in [6.07, 6.45) is -0.00981. The van der Waals surface area contributed by atoms with Crippen molar-refractivity contribution in [3.63, 3.8) is 0 Å². The van der Waals surface area contributed by atoms with Crippen LogP contribution in [0, 0.1) is 34.8 Å². The van der Waals surface area contributed by atoms with E-state index in [-0.39, 0.29) is 74.2 Å². The Labute approximate surface area is 228 Å². The smallest absolute Gasteiger partial charge is 0.512 e. The molecule has 26 heavy (non-hydrogen) atoms. The van der Waals surface area contributed by atoms with Crippen molar-refractivity contribution in [2.75, 3.05) is 0 Å². The Balaban J connectivity index is 0. The van der Waals surface area contributed by atoms with Crippen LogP contribution in [0.1, 0.15) is 11.1 Å². The third kappa shape index (κ3) is 8.96. The Bertz CT molecular complexity index is 799. The minimum absolute atomic E-state index is 0. The predicted octanol–water partition coefficient (Wildman–Crippen LogP) is 4.54. The number of rotatable bonds is 2. The van der Waals surface area contributed by atoms with E-state index in [0.29, 0.717) is 20.4 Å². The van der Waals surface area contributed by atoms with Crippen LogP contribution in [0.25, 0.3) is 0 Å². The van der Waals surface area contributed by atoms with E-state index in [9.17, 15) is 8.78 Å². The van der Waals surface area contributed by atoms with Crippen molar-refractivity contribution in [1.82, 2.24) is 0 Å². The molecule has 2 nitrogen and oxygen atoms in total. The van der Waals surface area contributed by atoms with Crippen LogP contribution in [0.4, 0.5) is 8.78 Å². The molecule has 132 valence electrons. The summed E-state index contributed by atoms with van der Waals surface area (Å²) in [7, 11) is 0. The number of hydrogen-bond donors (Lipinski definition) is 0. The monoisotopic (exact) mass is 612 g/mol. The van der Waals surface area contributed by atoms with Crippen molar-refractivity contribution in [2.24, 2.45) is 0 Å². The first-order valence-electron chi connectivity index (χ1n) is 6.23. The molecule has 0 saturated heterocycles. The maximum absolute atomic E-state index is 13.0. The second-order valence-electron chi connectivity index (χ2n) is 4.11. The van der Waals surface area contributed by atoms with Crippen molar-refractivity contribution in [1.29, 1.82) is 10.5 Å². The molecule has 0 aromatic heterocycles. The van der Waals surface area contributed by atoms with E-state index < -0.39 is 5.82 Å². The van der Waals surface area contributed by atoms with Gasteiger partial charge in [0.05, 0.1) is 22.5 Å².